The lowest BCUT2D eigenvalue weighted by molar-refractivity contribution is -0.153. The molecule has 0 amide bonds. The smallest absolute Gasteiger partial charge is 0.451 e. The summed E-state index contributed by atoms with van der Waals surface area (Å²) in [6, 6.07) is 7.45. The average Bonchev–Trinajstić information content (AvgIpc) is 3.14. The first-order chi connectivity index (χ1) is 11.4. The number of halogens is 4. The Kier molecular flexibility index (Phi) is 4.73. The van der Waals surface area contributed by atoms with E-state index in [1.165, 1.54) is 10.9 Å². The zero-order valence-electron chi connectivity index (χ0n) is 12.0. The third kappa shape index (κ3) is 4.04. The van der Waals surface area contributed by atoms with Crippen molar-refractivity contribution in [1.29, 1.82) is 0 Å². The van der Waals surface area contributed by atoms with Gasteiger partial charge in [0.05, 0.1) is 12.7 Å². The first-order valence-corrected chi connectivity index (χ1v) is 7.76. The van der Waals surface area contributed by atoms with Crippen LogP contribution in [0.25, 0.3) is 0 Å². The Morgan fingerprint density at radius 1 is 1.29 bits per heavy atom. The summed E-state index contributed by atoms with van der Waals surface area (Å²) in [6.07, 6.45) is -2.33. The van der Waals surface area contributed by atoms with Gasteiger partial charge in [-0.3, -0.25) is 0 Å². The topological polar surface area (TPSA) is 66.0 Å². The van der Waals surface area contributed by atoms with Gasteiger partial charge in [0.2, 0.25) is 5.76 Å². The van der Waals surface area contributed by atoms with Gasteiger partial charge in [-0.2, -0.15) is 13.2 Å². The van der Waals surface area contributed by atoms with E-state index in [0.717, 1.165) is 9.96 Å². The lowest BCUT2D eigenvalue weighted by atomic mass is 10.3. The summed E-state index contributed by atoms with van der Waals surface area (Å²) in [6.45, 7) is -0.0351. The number of aromatic nitrogens is 4. The monoisotopic (exact) mass is 450 g/mol. The second kappa shape index (κ2) is 6.79. The van der Waals surface area contributed by atoms with Crippen LogP contribution in [0.15, 0.2) is 41.3 Å². The molecular formula is C14H10F3IN4O2. The van der Waals surface area contributed by atoms with Gasteiger partial charge in [0.1, 0.15) is 23.7 Å². The Hall–Kier alpha value is -2.11. The highest BCUT2D eigenvalue weighted by molar-refractivity contribution is 14.1. The van der Waals surface area contributed by atoms with Crippen LogP contribution in [-0.4, -0.2) is 20.0 Å². The predicted octanol–water partition coefficient (Wildman–Crippen LogP) is 3.52. The molecule has 0 fully saturated rings. The predicted molar refractivity (Wildman–Crippen MR) is 84.1 cm³/mol. The number of hydrogen-bond acceptors (Lipinski definition) is 5. The van der Waals surface area contributed by atoms with E-state index in [1.807, 2.05) is 18.2 Å². The molecule has 0 aliphatic rings. The van der Waals surface area contributed by atoms with Gasteiger partial charge in [-0.15, -0.1) is 5.10 Å². The van der Waals surface area contributed by atoms with Gasteiger partial charge in [0.25, 0.3) is 0 Å². The third-order valence-corrected chi connectivity index (χ3v) is 3.65. The summed E-state index contributed by atoms with van der Waals surface area (Å²) < 4.78 is 50.4. The molecule has 0 saturated carbocycles. The van der Waals surface area contributed by atoms with Crippen molar-refractivity contribution in [1.82, 2.24) is 20.0 Å². The maximum absolute atomic E-state index is 12.7. The van der Waals surface area contributed by atoms with E-state index in [4.69, 9.17) is 4.74 Å². The van der Waals surface area contributed by atoms with Crippen LogP contribution >= 0.6 is 22.6 Å². The third-order valence-electron chi connectivity index (χ3n) is 2.98. The minimum Gasteiger partial charge on any atom is -0.487 e. The quantitative estimate of drug-likeness (QED) is 0.557. The maximum atomic E-state index is 12.7. The van der Waals surface area contributed by atoms with Crippen LogP contribution in [0.5, 0.6) is 5.75 Å². The maximum Gasteiger partial charge on any atom is 0.451 e. The molecule has 0 aliphatic carbocycles. The highest BCUT2D eigenvalue weighted by atomic mass is 127. The Labute approximate surface area is 147 Å². The second-order valence-corrected chi connectivity index (χ2v) is 6.03. The first-order valence-electron chi connectivity index (χ1n) is 6.69. The summed E-state index contributed by atoms with van der Waals surface area (Å²) in [5.41, 5.74) is 0.239. The molecular weight excluding hydrogens is 440 g/mol. The van der Waals surface area contributed by atoms with Crippen LogP contribution in [0.3, 0.4) is 0 Å². The normalized spacial score (nSPS) is 11.7. The Morgan fingerprint density at radius 3 is 2.88 bits per heavy atom. The molecule has 10 heteroatoms. The first kappa shape index (κ1) is 16.7. The Morgan fingerprint density at radius 2 is 2.12 bits per heavy atom. The van der Waals surface area contributed by atoms with Gasteiger partial charge < -0.3 is 9.15 Å². The largest absolute Gasteiger partial charge is 0.487 e. The number of ether oxygens (including phenoxy) is 1. The Bertz CT molecular complexity index is 831. The summed E-state index contributed by atoms with van der Waals surface area (Å²) in [5, 5.41) is 7.65. The molecule has 3 aromatic rings. The molecule has 0 atom stereocenters. The van der Waals surface area contributed by atoms with Crippen molar-refractivity contribution in [3.63, 3.8) is 0 Å². The van der Waals surface area contributed by atoms with E-state index in [-0.39, 0.29) is 18.8 Å². The lowest BCUT2D eigenvalue weighted by Gasteiger charge is -2.04. The van der Waals surface area contributed by atoms with E-state index in [0.29, 0.717) is 11.4 Å². The van der Waals surface area contributed by atoms with Gasteiger partial charge in [0.15, 0.2) is 6.39 Å². The summed E-state index contributed by atoms with van der Waals surface area (Å²) >= 11 is 2.17. The van der Waals surface area contributed by atoms with Gasteiger partial charge >= 0.3 is 6.18 Å². The molecule has 0 radical (unpaired) electrons. The highest BCUT2D eigenvalue weighted by Gasteiger charge is 2.38. The summed E-state index contributed by atoms with van der Waals surface area (Å²) in [5.74, 6) is -0.457. The minimum absolute atomic E-state index is 0.158. The fraction of sp³-hybridized carbons (Fsp3) is 0.214. The van der Waals surface area contributed by atoms with Crippen molar-refractivity contribution in [2.45, 2.75) is 19.3 Å². The van der Waals surface area contributed by atoms with Crippen LogP contribution in [-0.2, 0) is 19.3 Å². The van der Waals surface area contributed by atoms with Gasteiger partial charge in [-0.25, -0.2) is 9.67 Å². The number of rotatable bonds is 5. The SMILES string of the molecule is FC(F)(F)c1ocnc1Cn1cc(COc2cccc(I)c2)nn1. The molecule has 3 rings (SSSR count). The van der Waals surface area contributed by atoms with E-state index in [2.05, 4.69) is 42.3 Å². The molecule has 126 valence electrons. The molecule has 2 aromatic heterocycles. The molecule has 0 bridgehead atoms. The highest BCUT2D eigenvalue weighted by Crippen LogP contribution is 2.31. The lowest BCUT2D eigenvalue weighted by Crippen LogP contribution is -2.10. The molecule has 0 saturated heterocycles. The van der Waals surface area contributed by atoms with Gasteiger partial charge in [-0.05, 0) is 40.8 Å². The summed E-state index contributed by atoms with van der Waals surface area (Å²) in [7, 11) is 0. The molecule has 24 heavy (non-hydrogen) atoms. The average molecular weight is 450 g/mol. The number of benzene rings is 1. The van der Waals surface area contributed by atoms with Crippen LogP contribution in [0.4, 0.5) is 13.2 Å². The zero-order valence-corrected chi connectivity index (χ0v) is 14.2. The molecule has 1 aromatic carbocycles. The number of oxazole rings is 1. The van der Waals surface area contributed by atoms with Crippen molar-refractivity contribution in [2.24, 2.45) is 0 Å². The van der Waals surface area contributed by atoms with Crippen LogP contribution in [0.2, 0.25) is 0 Å². The molecule has 2 heterocycles. The second-order valence-electron chi connectivity index (χ2n) is 4.78. The van der Waals surface area contributed by atoms with E-state index in [1.54, 1.807) is 6.07 Å². The van der Waals surface area contributed by atoms with Crippen molar-refractivity contribution in [3.05, 3.63) is 57.6 Å². The molecule has 6 nitrogen and oxygen atoms in total. The molecule has 0 spiro atoms. The fourth-order valence-corrected chi connectivity index (χ4v) is 2.48. The molecule has 0 aliphatic heterocycles. The van der Waals surface area contributed by atoms with Crippen molar-refractivity contribution in [2.75, 3.05) is 0 Å². The van der Waals surface area contributed by atoms with E-state index >= 15 is 0 Å². The zero-order chi connectivity index (χ0) is 17.2. The molecule has 0 N–H and O–H groups in total. The molecule has 0 unspecified atom stereocenters. The van der Waals surface area contributed by atoms with E-state index in [9.17, 15) is 13.2 Å². The summed E-state index contributed by atoms with van der Waals surface area (Å²) in [4.78, 5) is 3.58. The van der Waals surface area contributed by atoms with Crippen LogP contribution < -0.4 is 4.74 Å². The van der Waals surface area contributed by atoms with Crippen molar-refractivity contribution >= 4 is 22.6 Å². The van der Waals surface area contributed by atoms with Crippen LogP contribution in [0, 0.1) is 3.57 Å². The Balaban J connectivity index is 1.65. The van der Waals surface area contributed by atoms with Gasteiger partial charge in [0, 0.05) is 3.57 Å². The number of alkyl halides is 3. The van der Waals surface area contributed by atoms with E-state index < -0.39 is 11.9 Å². The minimum atomic E-state index is -4.59. The number of hydrogen-bond donors (Lipinski definition) is 0. The fourth-order valence-electron chi connectivity index (χ4n) is 1.96. The van der Waals surface area contributed by atoms with Crippen molar-refractivity contribution < 1.29 is 22.3 Å². The van der Waals surface area contributed by atoms with Crippen LogP contribution in [0.1, 0.15) is 17.1 Å². The standard InChI is InChI=1S/C14H10F3IN4O2/c15-14(16,17)13-12(19-8-24-13)6-22-5-10(20-21-22)7-23-11-3-1-2-9(18)4-11/h1-5,8H,6-7H2. The number of nitrogens with zero attached hydrogens (tertiary/aromatic N) is 4. The van der Waals surface area contributed by atoms with Gasteiger partial charge in [-0.1, -0.05) is 11.3 Å². The van der Waals surface area contributed by atoms with Crippen molar-refractivity contribution in [3.8, 4) is 5.75 Å².